The van der Waals surface area contributed by atoms with Crippen molar-refractivity contribution in [3.63, 3.8) is 0 Å². The van der Waals surface area contributed by atoms with Gasteiger partial charge in [0.25, 0.3) is 11.8 Å². The number of pyridine rings is 1. The fraction of sp³-hybridized carbons (Fsp3) is 0.182. The van der Waals surface area contributed by atoms with Crippen molar-refractivity contribution >= 4 is 46.5 Å². The van der Waals surface area contributed by atoms with Crippen LogP contribution in [-0.4, -0.2) is 57.8 Å². The van der Waals surface area contributed by atoms with E-state index in [0.29, 0.717) is 17.9 Å². The zero-order valence-corrected chi connectivity index (χ0v) is 18.4. The summed E-state index contributed by atoms with van der Waals surface area (Å²) in [6, 6.07) is 9.92. The van der Waals surface area contributed by atoms with Crippen LogP contribution in [0.25, 0.3) is 0 Å². The predicted molar refractivity (Wildman–Crippen MR) is 124 cm³/mol. The summed E-state index contributed by atoms with van der Waals surface area (Å²) in [5, 5.41) is 5.61. The normalized spacial score (nSPS) is 13.6. The van der Waals surface area contributed by atoms with Gasteiger partial charge in [-0.05, 0) is 42.8 Å². The van der Waals surface area contributed by atoms with Crippen LogP contribution in [0, 0.1) is 0 Å². The van der Waals surface area contributed by atoms with Gasteiger partial charge in [0.1, 0.15) is 5.15 Å². The van der Waals surface area contributed by atoms with Crippen LogP contribution in [0.1, 0.15) is 27.4 Å². The summed E-state index contributed by atoms with van der Waals surface area (Å²) in [4.78, 5) is 53.1. The molecule has 0 atom stereocenters. The smallest absolute Gasteiger partial charge is 0.324 e. The van der Waals surface area contributed by atoms with Crippen LogP contribution in [-0.2, 0) is 0 Å². The summed E-state index contributed by atoms with van der Waals surface area (Å²) < 4.78 is 0. The molecule has 1 aliphatic rings. The maximum absolute atomic E-state index is 12.8. The average molecular weight is 466 g/mol. The highest BCUT2D eigenvalue weighted by atomic mass is 35.5. The van der Waals surface area contributed by atoms with Crippen LogP contribution < -0.4 is 15.5 Å². The van der Waals surface area contributed by atoms with Gasteiger partial charge in [-0.1, -0.05) is 11.6 Å². The minimum absolute atomic E-state index is 0.0656. The van der Waals surface area contributed by atoms with E-state index in [-0.39, 0.29) is 22.6 Å². The molecular weight excluding hydrogens is 446 g/mol. The molecule has 0 bridgehead atoms. The minimum atomic E-state index is -0.611. The highest BCUT2D eigenvalue weighted by molar-refractivity contribution is 6.29. The van der Waals surface area contributed by atoms with Gasteiger partial charge < -0.3 is 15.5 Å². The molecule has 0 radical (unpaired) electrons. The Labute approximate surface area is 194 Å². The Balaban J connectivity index is 1.47. The highest BCUT2D eigenvalue weighted by Gasteiger charge is 2.24. The molecule has 4 amide bonds. The molecule has 0 spiro atoms. The molecular formula is C22H20ClN7O3. The second kappa shape index (κ2) is 9.61. The summed E-state index contributed by atoms with van der Waals surface area (Å²) in [7, 11) is 1.77. The van der Waals surface area contributed by atoms with Crippen molar-refractivity contribution in [1.29, 1.82) is 0 Å². The lowest BCUT2D eigenvalue weighted by Gasteiger charge is -2.33. The first-order valence-corrected chi connectivity index (χ1v) is 10.5. The van der Waals surface area contributed by atoms with E-state index >= 15 is 0 Å². The van der Waals surface area contributed by atoms with Crippen LogP contribution in [0.2, 0.25) is 5.15 Å². The summed E-state index contributed by atoms with van der Waals surface area (Å²) in [6.07, 6.45) is 4.93. The Morgan fingerprint density at radius 2 is 1.48 bits per heavy atom. The number of hydrogen-bond donors (Lipinski definition) is 2. The number of urea groups is 1. The fourth-order valence-electron chi connectivity index (χ4n) is 3.33. The number of amides is 4. The average Bonchev–Trinajstić information content (AvgIpc) is 2.83. The number of anilines is 3. The lowest BCUT2D eigenvalue weighted by atomic mass is 10.2. The van der Waals surface area contributed by atoms with Crippen molar-refractivity contribution in [2.45, 2.75) is 6.42 Å². The molecule has 3 heterocycles. The number of rotatable bonds is 5. The van der Waals surface area contributed by atoms with Crippen molar-refractivity contribution in [3.8, 4) is 0 Å². The topological polar surface area (TPSA) is 120 Å². The number of nitrogens with one attached hydrogen (secondary N) is 2. The number of halogens is 1. The molecule has 1 saturated heterocycles. The number of hydrogen-bond acceptors (Lipinski definition) is 6. The van der Waals surface area contributed by atoms with Crippen LogP contribution in [0.15, 0.2) is 55.0 Å². The van der Waals surface area contributed by atoms with Gasteiger partial charge >= 0.3 is 6.03 Å². The van der Waals surface area contributed by atoms with Gasteiger partial charge in [0.15, 0.2) is 11.4 Å². The Hall–Kier alpha value is -4.05. The van der Waals surface area contributed by atoms with E-state index in [4.69, 9.17) is 11.6 Å². The summed E-state index contributed by atoms with van der Waals surface area (Å²) >= 11 is 5.76. The summed E-state index contributed by atoms with van der Waals surface area (Å²) in [5.74, 6) is -1.20. The van der Waals surface area contributed by atoms with Gasteiger partial charge in [0.2, 0.25) is 0 Å². The molecule has 0 unspecified atom stereocenters. The Morgan fingerprint density at radius 3 is 2.09 bits per heavy atom. The first-order chi connectivity index (χ1) is 15.9. The van der Waals surface area contributed by atoms with Crippen molar-refractivity contribution in [2.75, 3.05) is 35.7 Å². The lowest BCUT2D eigenvalue weighted by Crippen LogP contribution is -2.47. The third-order valence-electron chi connectivity index (χ3n) is 4.98. The summed E-state index contributed by atoms with van der Waals surface area (Å²) in [6.45, 7) is 1.36. The van der Waals surface area contributed by atoms with E-state index in [1.807, 2.05) is 0 Å². The van der Waals surface area contributed by atoms with E-state index in [0.717, 1.165) is 18.7 Å². The van der Waals surface area contributed by atoms with Gasteiger partial charge in [-0.3, -0.25) is 14.5 Å². The van der Waals surface area contributed by atoms with Gasteiger partial charge in [0, 0.05) is 43.9 Å². The van der Waals surface area contributed by atoms with Gasteiger partial charge in [-0.25, -0.2) is 19.7 Å². The van der Waals surface area contributed by atoms with Gasteiger partial charge in [0.05, 0.1) is 11.9 Å². The van der Waals surface area contributed by atoms with Gasteiger partial charge in [-0.2, -0.15) is 0 Å². The molecule has 1 aliphatic heterocycles. The molecule has 1 aromatic carbocycles. The van der Waals surface area contributed by atoms with E-state index in [9.17, 15) is 14.4 Å². The molecule has 3 aromatic rings. The number of carbonyl (C=O) groups excluding carboxylic acids is 3. The second-order valence-electron chi connectivity index (χ2n) is 7.29. The first-order valence-electron chi connectivity index (χ1n) is 10.1. The van der Waals surface area contributed by atoms with Crippen LogP contribution >= 0.6 is 11.6 Å². The Bertz CT molecular complexity index is 1190. The van der Waals surface area contributed by atoms with Crippen molar-refractivity contribution in [3.05, 3.63) is 71.5 Å². The Kier molecular flexibility index (Phi) is 6.45. The molecule has 33 heavy (non-hydrogen) atoms. The van der Waals surface area contributed by atoms with E-state index in [1.165, 1.54) is 24.7 Å². The van der Waals surface area contributed by atoms with Crippen molar-refractivity contribution in [2.24, 2.45) is 0 Å². The molecule has 0 aliphatic carbocycles. The highest BCUT2D eigenvalue weighted by Crippen LogP contribution is 2.22. The standard InChI is InChI=1S/C22H20ClN7O3/c1-29-11-2-12-30(22(29)33)16-6-3-14(4-7-16)27-20(31)18-19(25-10-9-24-18)21(32)28-15-5-8-17(23)26-13-15/h3-10,13H,2,11-12H2,1H3,(H,27,31)(H,28,32). The molecule has 2 aromatic heterocycles. The van der Waals surface area contributed by atoms with E-state index in [1.54, 1.807) is 47.2 Å². The number of aromatic nitrogens is 3. The number of nitrogens with zero attached hydrogens (tertiary/aromatic N) is 5. The first kappa shape index (κ1) is 22.2. The van der Waals surface area contributed by atoms with Crippen molar-refractivity contribution in [1.82, 2.24) is 19.9 Å². The second-order valence-corrected chi connectivity index (χ2v) is 7.67. The molecule has 10 nitrogen and oxygen atoms in total. The number of carbonyl (C=O) groups is 3. The molecule has 4 rings (SSSR count). The maximum atomic E-state index is 12.8. The number of benzene rings is 1. The molecule has 2 N–H and O–H groups in total. The van der Waals surface area contributed by atoms with Crippen molar-refractivity contribution < 1.29 is 14.4 Å². The SMILES string of the molecule is CN1CCCN(c2ccc(NC(=O)c3nccnc3C(=O)Nc3ccc(Cl)nc3)cc2)C1=O. The van der Waals surface area contributed by atoms with Gasteiger partial charge in [-0.15, -0.1) is 0 Å². The third kappa shape index (κ3) is 5.07. The molecule has 1 fully saturated rings. The predicted octanol–water partition coefficient (Wildman–Crippen LogP) is 3.29. The molecule has 0 saturated carbocycles. The van der Waals surface area contributed by atoms with Crippen LogP contribution in [0.3, 0.4) is 0 Å². The van der Waals surface area contributed by atoms with Crippen LogP contribution in [0.4, 0.5) is 21.9 Å². The quantitative estimate of drug-likeness (QED) is 0.558. The zero-order chi connectivity index (χ0) is 23.4. The Morgan fingerprint density at radius 1 is 0.879 bits per heavy atom. The largest absolute Gasteiger partial charge is 0.327 e. The fourth-order valence-corrected chi connectivity index (χ4v) is 3.44. The maximum Gasteiger partial charge on any atom is 0.324 e. The molecule has 11 heteroatoms. The minimum Gasteiger partial charge on any atom is -0.327 e. The monoisotopic (exact) mass is 465 g/mol. The third-order valence-corrected chi connectivity index (χ3v) is 5.21. The lowest BCUT2D eigenvalue weighted by molar-refractivity contribution is 0.0983. The van der Waals surface area contributed by atoms with Crippen LogP contribution in [0.5, 0.6) is 0 Å². The molecule has 168 valence electrons. The summed E-state index contributed by atoms with van der Waals surface area (Å²) in [5.41, 5.74) is 1.36. The van der Waals surface area contributed by atoms with E-state index < -0.39 is 11.8 Å². The zero-order valence-electron chi connectivity index (χ0n) is 17.7. The van der Waals surface area contributed by atoms with E-state index in [2.05, 4.69) is 25.6 Å².